The number of halogens is 1. The van der Waals surface area contributed by atoms with E-state index in [2.05, 4.69) is 51.3 Å². The predicted octanol–water partition coefficient (Wildman–Crippen LogP) is 5.80. The number of nitrogens with zero attached hydrogens (tertiary/aromatic N) is 2. The molecule has 5 heteroatoms. The summed E-state index contributed by atoms with van der Waals surface area (Å²) in [5.41, 5.74) is 3.04. The summed E-state index contributed by atoms with van der Waals surface area (Å²) in [6, 6.07) is 14.3. The van der Waals surface area contributed by atoms with Gasteiger partial charge in [-0.25, -0.2) is 0 Å². The van der Waals surface area contributed by atoms with E-state index in [1.54, 1.807) is 0 Å². The minimum absolute atomic E-state index is 0.830. The van der Waals surface area contributed by atoms with Crippen LogP contribution in [0.25, 0.3) is 22.2 Å². The topological polar surface area (TPSA) is 41.1 Å². The number of fused-ring (bicyclic) bond motifs is 1. The molecule has 1 aromatic heterocycles. The van der Waals surface area contributed by atoms with E-state index in [0.29, 0.717) is 0 Å². The minimum Gasteiger partial charge on any atom is -0.406 e. The number of rotatable bonds is 8. The predicted molar refractivity (Wildman–Crippen MR) is 107 cm³/mol. The number of H-pyrrole nitrogens is 1. The van der Waals surface area contributed by atoms with Crippen LogP contribution < -0.4 is 4.84 Å². The summed E-state index contributed by atoms with van der Waals surface area (Å²) in [7, 11) is 1.98. The Morgan fingerprint density at radius 3 is 2.64 bits per heavy atom. The molecule has 1 heterocycles. The molecule has 0 radical (unpaired) electrons. The molecule has 3 aromatic rings. The minimum atomic E-state index is 0.830. The lowest BCUT2D eigenvalue weighted by molar-refractivity contribution is -0.0326. The monoisotopic (exact) mass is 401 g/mol. The zero-order valence-electron chi connectivity index (χ0n) is 14.8. The Morgan fingerprint density at radius 2 is 1.88 bits per heavy atom. The normalized spacial score (nSPS) is 11.4. The van der Waals surface area contributed by atoms with Crippen molar-refractivity contribution in [3.05, 3.63) is 46.9 Å². The van der Waals surface area contributed by atoms with Crippen LogP contribution in [0.5, 0.6) is 5.75 Å². The highest BCUT2D eigenvalue weighted by Crippen LogP contribution is 2.29. The van der Waals surface area contributed by atoms with E-state index < -0.39 is 0 Å². The van der Waals surface area contributed by atoms with E-state index in [4.69, 9.17) is 4.84 Å². The molecule has 0 saturated heterocycles. The number of hydrogen-bond acceptors (Lipinski definition) is 3. The van der Waals surface area contributed by atoms with Crippen molar-refractivity contribution in [3.63, 3.8) is 0 Å². The van der Waals surface area contributed by atoms with Crippen molar-refractivity contribution in [1.82, 2.24) is 15.3 Å². The largest absolute Gasteiger partial charge is 0.406 e. The highest BCUT2D eigenvalue weighted by atomic mass is 79.9. The molecule has 0 atom stereocenters. The van der Waals surface area contributed by atoms with Crippen LogP contribution in [0.2, 0.25) is 0 Å². The van der Waals surface area contributed by atoms with Gasteiger partial charge < -0.3 is 4.84 Å². The quantitative estimate of drug-likeness (QED) is 0.383. The second-order valence-electron chi connectivity index (χ2n) is 6.29. The van der Waals surface area contributed by atoms with Crippen LogP contribution >= 0.6 is 15.9 Å². The van der Waals surface area contributed by atoms with Gasteiger partial charge in [-0.3, -0.25) is 5.10 Å². The van der Waals surface area contributed by atoms with Gasteiger partial charge in [0, 0.05) is 35.1 Å². The highest BCUT2D eigenvalue weighted by Gasteiger charge is 2.10. The van der Waals surface area contributed by atoms with E-state index in [1.807, 2.05) is 36.4 Å². The van der Waals surface area contributed by atoms with Gasteiger partial charge in [0.15, 0.2) is 0 Å². The summed E-state index contributed by atoms with van der Waals surface area (Å²) in [6.07, 6.45) is 4.94. The second-order valence-corrected chi connectivity index (χ2v) is 7.21. The van der Waals surface area contributed by atoms with Crippen LogP contribution in [0.15, 0.2) is 46.9 Å². The number of hydrogen-bond donors (Lipinski definition) is 1. The molecule has 2 aromatic carbocycles. The van der Waals surface area contributed by atoms with Crippen LogP contribution in [0.4, 0.5) is 0 Å². The lowest BCUT2D eigenvalue weighted by Crippen LogP contribution is -2.23. The maximum atomic E-state index is 5.91. The summed E-state index contributed by atoms with van der Waals surface area (Å²) < 4.78 is 1.06. The fourth-order valence-corrected chi connectivity index (χ4v) is 3.13. The smallest absolute Gasteiger partial charge is 0.149 e. The lowest BCUT2D eigenvalue weighted by atomic mass is 10.1. The zero-order valence-corrected chi connectivity index (χ0v) is 16.3. The van der Waals surface area contributed by atoms with Gasteiger partial charge in [0.2, 0.25) is 0 Å². The Labute approximate surface area is 157 Å². The number of aromatic nitrogens is 2. The first-order valence-corrected chi connectivity index (χ1v) is 9.60. The van der Waals surface area contributed by atoms with Gasteiger partial charge in [-0.15, -0.1) is 5.06 Å². The molecule has 0 amide bonds. The van der Waals surface area contributed by atoms with E-state index in [0.717, 1.165) is 45.3 Å². The Kier molecular flexibility index (Phi) is 6.10. The van der Waals surface area contributed by atoms with Gasteiger partial charge in [-0.05, 0) is 30.7 Å². The first kappa shape index (κ1) is 18.0. The molecular weight excluding hydrogens is 378 g/mol. The summed E-state index contributed by atoms with van der Waals surface area (Å²) >= 11 is 3.47. The van der Waals surface area contributed by atoms with Crippen molar-refractivity contribution in [2.45, 2.75) is 32.6 Å². The summed E-state index contributed by atoms with van der Waals surface area (Å²) in [4.78, 5) is 5.91. The Morgan fingerprint density at radius 1 is 1.08 bits per heavy atom. The molecule has 0 bridgehead atoms. The molecule has 25 heavy (non-hydrogen) atoms. The van der Waals surface area contributed by atoms with E-state index >= 15 is 0 Å². The summed E-state index contributed by atoms with van der Waals surface area (Å²) in [5.74, 6) is 0.830. The molecule has 0 aliphatic carbocycles. The zero-order chi connectivity index (χ0) is 17.6. The lowest BCUT2D eigenvalue weighted by Gasteiger charge is -2.17. The third kappa shape index (κ3) is 4.61. The number of nitrogens with one attached hydrogen (secondary N) is 1. The first-order chi connectivity index (χ1) is 12.2. The van der Waals surface area contributed by atoms with Gasteiger partial charge in [0.05, 0.1) is 11.2 Å². The highest BCUT2D eigenvalue weighted by molar-refractivity contribution is 9.10. The number of aromatic amines is 1. The first-order valence-electron chi connectivity index (χ1n) is 8.80. The molecule has 0 aliphatic heterocycles. The molecule has 1 N–H and O–H groups in total. The van der Waals surface area contributed by atoms with E-state index in [9.17, 15) is 0 Å². The van der Waals surface area contributed by atoms with Gasteiger partial charge in [-0.1, -0.05) is 54.2 Å². The van der Waals surface area contributed by atoms with E-state index in [1.165, 1.54) is 19.3 Å². The Hall–Kier alpha value is -1.85. The Balaban J connectivity index is 1.70. The third-order valence-electron chi connectivity index (χ3n) is 4.24. The van der Waals surface area contributed by atoms with Crippen LogP contribution in [-0.4, -0.2) is 28.9 Å². The van der Waals surface area contributed by atoms with Crippen LogP contribution in [0.1, 0.15) is 32.6 Å². The van der Waals surface area contributed by atoms with Gasteiger partial charge in [0.1, 0.15) is 5.75 Å². The van der Waals surface area contributed by atoms with Crippen molar-refractivity contribution >= 4 is 26.8 Å². The van der Waals surface area contributed by atoms with Crippen molar-refractivity contribution in [2.24, 2.45) is 0 Å². The van der Waals surface area contributed by atoms with Gasteiger partial charge >= 0.3 is 0 Å². The summed E-state index contributed by atoms with van der Waals surface area (Å²) in [6.45, 7) is 3.16. The fraction of sp³-hybridized carbons (Fsp3) is 0.350. The van der Waals surface area contributed by atoms with Crippen LogP contribution in [0.3, 0.4) is 0 Å². The van der Waals surface area contributed by atoms with Crippen molar-refractivity contribution in [2.75, 3.05) is 13.6 Å². The molecule has 4 nitrogen and oxygen atoms in total. The maximum absolute atomic E-state index is 5.91. The third-order valence-corrected chi connectivity index (χ3v) is 4.77. The van der Waals surface area contributed by atoms with Crippen LogP contribution in [-0.2, 0) is 0 Å². The molecule has 0 fully saturated rings. The fourth-order valence-electron chi connectivity index (χ4n) is 2.87. The molecule has 0 aliphatic rings. The summed E-state index contributed by atoms with van der Waals surface area (Å²) in [5, 5.41) is 10.6. The Bertz CT molecular complexity index is 813. The van der Waals surface area contributed by atoms with Gasteiger partial charge in [0.25, 0.3) is 0 Å². The van der Waals surface area contributed by atoms with Crippen molar-refractivity contribution < 1.29 is 4.84 Å². The van der Waals surface area contributed by atoms with Crippen molar-refractivity contribution in [3.8, 4) is 17.0 Å². The number of unbranched alkanes of at least 4 members (excludes halogenated alkanes) is 3. The molecular formula is C20H24BrN3O. The molecule has 0 unspecified atom stereocenters. The molecule has 0 saturated carbocycles. The number of hydroxylamine groups is 2. The van der Waals surface area contributed by atoms with Crippen LogP contribution in [0, 0.1) is 0 Å². The maximum Gasteiger partial charge on any atom is 0.149 e. The average molecular weight is 402 g/mol. The molecule has 0 spiro atoms. The van der Waals surface area contributed by atoms with E-state index in [-0.39, 0.29) is 0 Å². The standard InChI is InChI=1S/C20H24BrN3O/c1-3-4-5-6-13-24(2)25-17-11-12-18-19(14-17)22-23-20(18)15-7-9-16(21)10-8-15/h7-12,14H,3-6,13H2,1-2H3,(H,22,23). The second kappa shape index (κ2) is 8.50. The molecule has 3 rings (SSSR count). The van der Waals surface area contributed by atoms with Gasteiger partial charge in [-0.2, -0.15) is 5.10 Å². The molecule has 132 valence electrons. The number of benzene rings is 2. The average Bonchev–Trinajstić information content (AvgIpc) is 3.03. The van der Waals surface area contributed by atoms with Crippen molar-refractivity contribution in [1.29, 1.82) is 0 Å². The SMILES string of the molecule is CCCCCCN(C)Oc1ccc2c(-c3ccc(Br)cc3)n[nH]c2c1.